The molecule has 0 fully saturated rings. The fourth-order valence-electron chi connectivity index (χ4n) is 3.63. The lowest BCUT2D eigenvalue weighted by Crippen LogP contribution is -2.23. The van der Waals surface area contributed by atoms with E-state index in [4.69, 9.17) is 0 Å². The van der Waals surface area contributed by atoms with Crippen molar-refractivity contribution in [1.82, 2.24) is 0 Å². The SMILES string of the molecule is CCC(CC)(Pc1ccccc1F)c1cccc(Cc2ccccc2)c1O. The molecular formula is C24H26FOP. The van der Waals surface area contributed by atoms with E-state index in [1.54, 1.807) is 6.07 Å². The minimum absolute atomic E-state index is 0.165. The molecule has 0 saturated carbocycles. The highest BCUT2D eigenvalue weighted by atomic mass is 31.1. The van der Waals surface area contributed by atoms with Gasteiger partial charge in [0.1, 0.15) is 11.6 Å². The van der Waals surface area contributed by atoms with E-state index >= 15 is 0 Å². The van der Waals surface area contributed by atoms with Gasteiger partial charge in [0.05, 0.1) is 0 Å². The van der Waals surface area contributed by atoms with Crippen molar-refractivity contribution in [2.75, 3.05) is 0 Å². The number of phenols is 1. The summed E-state index contributed by atoms with van der Waals surface area (Å²) in [7, 11) is 0.268. The van der Waals surface area contributed by atoms with Crippen molar-refractivity contribution in [1.29, 1.82) is 0 Å². The molecule has 0 heterocycles. The van der Waals surface area contributed by atoms with Gasteiger partial charge in [-0.15, -0.1) is 0 Å². The summed E-state index contributed by atoms with van der Waals surface area (Å²) in [5, 5.41) is 11.6. The molecule has 140 valence electrons. The largest absolute Gasteiger partial charge is 0.507 e. The highest BCUT2D eigenvalue weighted by Crippen LogP contribution is 2.50. The maximum Gasteiger partial charge on any atom is 0.130 e. The van der Waals surface area contributed by atoms with Gasteiger partial charge in [0, 0.05) is 22.4 Å². The van der Waals surface area contributed by atoms with Gasteiger partial charge in [0.15, 0.2) is 0 Å². The molecule has 1 unspecified atom stereocenters. The summed E-state index contributed by atoms with van der Waals surface area (Å²) in [6, 6.07) is 23.1. The van der Waals surface area contributed by atoms with Gasteiger partial charge in [-0.2, -0.15) is 0 Å². The molecule has 0 bridgehead atoms. The zero-order valence-electron chi connectivity index (χ0n) is 15.9. The van der Waals surface area contributed by atoms with Crippen molar-refractivity contribution in [3.05, 3.63) is 95.3 Å². The number of phenolic OH excluding ortho intramolecular Hbond substituents is 1. The molecule has 1 atom stereocenters. The quantitative estimate of drug-likeness (QED) is 0.488. The third-order valence-corrected chi connectivity index (χ3v) is 7.46. The van der Waals surface area contributed by atoms with Crippen LogP contribution in [0.2, 0.25) is 0 Å². The molecule has 3 aromatic rings. The Hall–Kier alpha value is -2.18. The first kappa shape index (κ1) is 19.6. The topological polar surface area (TPSA) is 20.2 Å². The predicted octanol–water partition coefficient (Wildman–Crippen LogP) is 6.14. The van der Waals surface area contributed by atoms with Gasteiger partial charge in [-0.05, 0) is 30.0 Å². The number of halogens is 1. The zero-order valence-corrected chi connectivity index (χ0v) is 16.9. The summed E-state index contributed by atoms with van der Waals surface area (Å²) < 4.78 is 14.3. The smallest absolute Gasteiger partial charge is 0.130 e. The Morgan fingerprint density at radius 3 is 2.19 bits per heavy atom. The Balaban J connectivity index is 2.00. The molecule has 0 aliphatic rings. The van der Waals surface area contributed by atoms with Crippen LogP contribution in [0.15, 0.2) is 72.8 Å². The number of benzene rings is 3. The van der Waals surface area contributed by atoms with Crippen LogP contribution in [-0.4, -0.2) is 5.11 Å². The highest BCUT2D eigenvalue weighted by Gasteiger charge is 2.33. The molecule has 1 nitrogen and oxygen atoms in total. The summed E-state index contributed by atoms with van der Waals surface area (Å²) in [6.45, 7) is 4.25. The summed E-state index contributed by atoms with van der Waals surface area (Å²) >= 11 is 0. The van der Waals surface area contributed by atoms with Gasteiger partial charge < -0.3 is 5.11 Å². The molecule has 0 aliphatic carbocycles. The van der Waals surface area contributed by atoms with Crippen molar-refractivity contribution >= 4 is 13.9 Å². The Kier molecular flexibility index (Phi) is 6.29. The minimum Gasteiger partial charge on any atom is -0.507 e. The molecule has 0 radical (unpaired) electrons. The van der Waals surface area contributed by atoms with Crippen LogP contribution in [0.5, 0.6) is 5.75 Å². The fourth-order valence-corrected chi connectivity index (χ4v) is 5.22. The predicted molar refractivity (Wildman–Crippen MR) is 114 cm³/mol. The first-order valence-corrected chi connectivity index (χ1v) is 10.5. The number of aromatic hydroxyl groups is 1. The van der Waals surface area contributed by atoms with Crippen LogP contribution in [0, 0.1) is 5.82 Å². The number of rotatable bonds is 7. The van der Waals surface area contributed by atoms with Crippen LogP contribution in [-0.2, 0) is 11.6 Å². The van der Waals surface area contributed by atoms with Crippen molar-refractivity contribution in [3.8, 4) is 5.75 Å². The van der Waals surface area contributed by atoms with Crippen LogP contribution in [0.1, 0.15) is 43.4 Å². The lowest BCUT2D eigenvalue weighted by atomic mass is 9.89. The van der Waals surface area contributed by atoms with Crippen molar-refractivity contribution in [3.63, 3.8) is 0 Å². The molecule has 0 saturated heterocycles. The molecule has 3 heteroatoms. The van der Waals surface area contributed by atoms with E-state index in [1.807, 2.05) is 48.5 Å². The lowest BCUT2D eigenvalue weighted by molar-refractivity contribution is 0.443. The minimum atomic E-state index is -0.265. The second-order valence-corrected chi connectivity index (χ2v) is 8.62. The molecular weight excluding hydrogens is 354 g/mol. The molecule has 0 spiro atoms. The summed E-state index contributed by atoms with van der Waals surface area (Å²) in [5.74, 6) is 0.191. The summed E-state index contributed by atoms with van der Waals surface area (Å²) in [4.78, 5) is 0. The van der Waals surface area contributed by atoms with Gasteiger partial charge in [0.25, 0.3) is 0 Å². The van der Waals surface area contributed by atoms with Crippen molar-refractivity contribution < 1.29 is 9.50 Å². The Morgan fingerprint density at radius 2 is 1.52 bits per heavy atom. The number of hydrogen-bond donors (Lipinski definition) is 1. The van der Waals surface area contributed by atoms with Gasteiger partial charge in [0.2, 0.25) is 0 Å². The number of para-hydroxylation sites is 1. The molecule has 0 aromatic heterocycles. The third kappa shape index (κ3) is 4.22. The standard InChI is InChI=1S/C24H26FOP/c1-3-24(4-2,27-22-16-9-8-15-21(22)25)20-14-10-13-19(23(20)26)17-18-11-6-5-7-12-18/h5-16,26-27H,3-4,17H2,1-2H3. The number of hydrogen-bond acceptors (Lipinski definition) is 1. The van der Waals surface area contributed by atoms with Crippen LogP contribution >= 0.6 is 8.58 Å². The monoisotopic (exact) mass is 380 g/mol. The first-order valence-electron chi connectivity index (χ1n) is 9.47. The van der Waals surface area contributed by atoms with Crippen LogP contribution < -0.4 is 5.30 Å². The normalized spacial score (nSPS) is 12.0. The highest BCUT2D eigenvalue weighted by molar-refractivity contribution is 7.48. The maximum absolute atomic E-state index is 14.3. The van der Waals surface area contributed by atoms with E-state index in [1.165, 1.54) is 11.6 Å². The molecule has 0 amide bonds. The lowest BCUT2D eigenvalue weighted by Gasteiger charge is -2.34. The van der Waals surface area contributed by atoms with E-state index in [0.29, 0.717) is 12.2 Å². The summed E-state index contributed by atoms with van der Waals surface area (Å²) in [5.41, 5.74) is 3.02. The van der Waals surface area contributed by atoms with Gasteiger partial charge in [-0.1, -0.05) is 89.2 Å². The average Bonchev–Trinajstić information content (AvgIpc) is 2.70. The van der Waals surface area contributed by atoms with E-state index in [0.717, 1.165) is 29.3 Å². The molecule has 3 aromatic carbocycles. The third-order valence-electron chi connectivity index (χ3n) is 5.33. The van der Waals surface area contributed by atoms with Gasteiger partial charge >= 0.3 is 0 Å². The second kappa shape index (κ2) is 8.67. The Morgan fingerprint density at radius 1 is 0.852 bits per heavy atom. The van der Waals surface area contributed by atoms with Crippen LogP contribution in [0.3, 0.4) is 0 Å². The van der Waals surface area contributed by atoms with Crippen LogP contribution in [0.4, 0.5) is 4.39 Å². The van der Waals surface area contributed by atoms with E-state index in [9.17, 15) is 9.50 Å². The van der Waals surface area contributed by atoms with Crippen LogP contribution in [0.25, 0.3) is 0 Å². The van der Waals surface area contributed by atoms with Gasteiger partial charge in [-0.25, -0.2) is 4.39 Å². The second-order valence-electron chi connectivity index (χ2n) is 6.87. The molecule has 0 aliphatic heterocycles. The molecule has 27 heavy (non-hydrogen) atoms. The van der Waals surface area contributed by atoms with E-state index < -0.39 is 0 Å². The molecule has 1 N–H and O–H groups in total. The molecule has 3 rings (SSSR count). The summed E-state index contributed by atoms with van der Waals surface area (Å²) in [6.07, 6.45) is 2.38. The van der Waals surface area contributed by atoms with Crippen molar-refractivity contribution in [2.24, 2.45) is 0 Å². The fraction of sp³-hybridized carbons (Fsp3) is 0.250. The average molecular weight is 380 g/mol. The van der Waals surface area contributed by atoms with E-state index in [2.05, 4.69) is 26.0 Å². The van der Waals surface area contributed by atoms with Crippen molar-refractivity contribution in [2.45, 2.75) is 38.3 Å². The Labute approximate surface area is 163 Å². The zero-order chi connectivity index (χ0) is 19.3. The maximum atomic E-state index is 14.3. The van der Waals surface area contributed by atoms with E-state index in [-0.39, 0.29) is 19.6 Å². The first-order chi connectivity index (χ1) is 13.1. The van der Waals surface area contributed by atoms with Gasteiger partial charge in [-0.3, -0.25) is 0 Å². The Bertz CT molecular complexity index is 888.